The molecule has 1 N–H and O–H groups in total. The van der Waals surface area contributed by atoms with Crippen LogP contribution in [0.15, 0.2) is 12.2 Å². The van der Waals surface area contributed by atoms with Gasteiger partial charge in [-0.15, -0.1) is 0 Å². The van der Waals surface area contributed by atoms with E-state index < -0.39 is 11.5 Å². The van der Waals surface area contributed by atoms with Crippen LogP contribution in [0.4, 0.5) is 0 Å². The van der Waals surface area contributed by atoms with Crippen LogP contribution in [0.25, 0.3) is 0 Å². The van der Waals surface area contributed by atoms with Crippen molar-refractivity contribution in [2.75, 3.05) is 0 Å². The Morgan fingerprint density at radius 2 is 2.23 bits per heavy atom. The van der Waals surface area contributed by atoms with Crippen molar-refractivity contribution in [3.63, 3.8) is 0 Å². The summed E-state index contributed by atoms with van der Waals surface area (Å²) in [4.78, 5) is 11.2. The highest BCUT2D eigenvalue weighted by Crippen LogP contribution is 2.65. The Hall–Kier alpha value is -0.630. The summed E-state index contributed by atoms with van der Waals surface area (Å²) in [6, 6.07) is 0. The van der Waals surface area contributed by atoms with E-state index in [0.29, 0.717) is 0 Å². The average molecular weight is 180 g/mol. The number of fused-ring (bicyclic) bond motifs is 2. The molecule has 13 heavy (non-hydrogen) atoms. The lowest BCUT2D eigenvalue weighted by atomic mass is 9.64. The summed E-state index contributed by atoms with van der Waals surface area (Å²) in [6.07, 6.45) is 2.19. The van der Waals surface area contributed by atoms with Gasteiger partial charge in [0.15, 0.2) is 0 Å². The molecule has 0 heterocycles. The van der Waals surface area contributed by atoms with E-state index in [1.807, 2.05) is 13.8 Å². The van der Waals surface area contributed by atoms with E-state index in [1.54, 1.807) is 0 Å². The van der Waals surface area contributed by atoms with Gasteiger partial charge < -0.3 is 9.90 Å². The molecule has 0 aliphatic heterocycles. The van der Waals surface area contributed by atoms with Crippen molar-refractivity contribution in [1.29, 1.82) is 0 Å². The van der Waals surface area contributed by atoms with Gasteiger partial charge >= 0.3 is 0 Å². The molecular weight excluding hydrogens is 164 g/mol. The van der Waals surface area contributed by atoms with Crippen LogP contribution in [-0.2, 0) is 4.79 Å². The number of aldehydes is 1. The van der Waals surface area contributed by atoms with Crippen LogP contribution in [0.5, 0.6) is 0 Å². The quantitative estimate of drug-likeness (QED) is 0.491. The molecule has 0 aromatic rings. The van der Waals surface area contributed by atoms with Crippen molar-refractivity contribution in [2.24, 2.45) is 16.7 Å². The van der Waals surface area contributed by atoms with E-state index in [0.717, 1.165) is 24.7 Å². The molecule has 2 saturated carbocycles. The van der Waals surface area contributed by atoms with E-state index in [-0.39, 0.29) is 11.3 Å². The predicted octanol–water partition coefficient (Wildman–Crippen LogP) is 1.54. The summed E-state index contributed by atoms with van der Waals surface area (Å²) < 4.78 is 0. The predicted molar refractivity (Wildman–Crippen MR) is 50.1 cm³/mol. The largest absolute Gasteiger partial charge is 0.391 e. The fraction of sp³-hybridized carbons (Fsp3) is 0.727. The smallest absolute Gasteiger partial charge is 0.129 e. The minimum absolute atomic E-state index is 0.153. The molecule has 2 bridgehead atoms. The Morgan fingerprint density at radius 3 is 2.54 bits per heavy atom. The van der Waals surface area contributed by atoms with Crippen molar-refractivity contribution in [2.45, 2.75) is 32.8 Å². The van der Waals surface area contributed by atoms with Gasteiger partial charge in [-0.2, -0.15) is 0 Å². The average Bonchev–Trinajstić information content (AvgIpc) is 2.47. The minimum Gasteiger partial charge on any atom is -0.391 e. The standard InChI is InChI=1S/C11H16O2/c1-7-8-4-5-11(6-12,9(8)13)10(7,2)3/h6,8-9,13H,1,4-5H2,2-3H3/t8-,9-,11+/m1/s1. The molecule has 0 amide bonds. The number of hydrogen-bond acceptors (Lipinski definition) is 2. The fourth-order valence-corrected chi connectivity index (χ4v) is 3.14. The number of aliphatic hydroxyl groups is 1. The van der Waals surface area contributed by atoms with Crippen molar-refractivity contribution >= 4 is 6.29 Å². The Kier molecular flexibility index (Phi) is 1.54. The number of carbonyl (C=O) groups excluding carboxylic acids is 1. The molecule has 2 heteroatoms. The topological polar surface area (TPSA) is 37.3 Å². The van der Waals surface area contributed by atoms with E-state index in [1.165, 1.54) is 0 Å². The second kappa shape index (κ2) is 2.24. The molecule has 0 radical (unpaired) electrons. The summed E-state index contributed by atoms with van der Waals surface area (Å²) in [7, 11) is 0. The summed E-state index contributed by atoms with van der Waals surface area (Å²) in [5.74, 6) is 0.153. The number of aliphatic hydroxyl groups excluding tert-OH is 1. The minimum atomic E-state index is -0.547. The lowest BCUT2D eigenvalue weighted by Crippen LogP contribution is -2.40. The molecule has 72 valence electrons. The lowest BCUT2D eigenvalue weighted by Gasteiger charge is -2.39. The molecule has 2 nitrogen and oxygen atoms in total. The first-order valence-corrected chi connectivity index (χ1v) is 4.81. The van der Waals surface area contributed by atoms with Gasteiger partial charge in [-0.05, 0) is 12.8 Å². The lowest BCUT2D eigenvalue weighted by molar-refractivity contribution is -0.125. The Bertz CT molecular complexity index is 280. The van der Waals surface area contributed by atoms with E-state index >= 15 is 0 Å². The molecule has 0 unspecified atom stereocenters. The third-order valence-electron chi connectivity index (χ3n) is 4.40. The Balaban J connectivity index is 2.55. The van der Waals surface area contributed by atoms with Crippen molar-refractivity contribution in [3.05, 3.63) is 12.2 Å². The van der Waals surface area contributed by atoms with Crippen LogP contribution >= 0.6 is 0 Å². The van der Waals surface area contributed by atoms with E-state index in [2.05, 4.69) is 6.58 Å². The van der Waals surface area contributed by atoms with Gasteiger partial charge in [0.1, 0.15) is 6.29 Å². The molecule has 2 rings (SSSR count). The Labute approximate surface area is 78.6 Å². The molecule has 2 aliphatic rings. The van der Waals surface area contributed by atoms with Crippen LogP contribution in [0, 0.1) is 16.7 Å². The molecule has 3 atom stereocenters. The van der Waals surface area contributed by atoms with Crippen molar-refractivity contribution < 1.29 is 9.90 Å². The second-order valence-corrected chi connectivity index (χ2v) is 4.90. The molecule has 2 fully saturated rings. The van der Waals surface area contributed by atoms with Gasteiger partial charge in [-0.25, -0.2) is 0 Å². The number of rotatable bonds is 1. The molecule has 0 aromatic heterocycles. The van der Waals surface area contributed by atoms with Gasteiger partial charge in [0, 0.05) is 11.3 Å². The Morgan fingerprint density at radius 1 is 1.62 bits per heavy atom. The van der Waals surface area contributed by atoms with E-state index in [9.17, 15) is 9.90 Å². The first kappa shape index (κ1) is 8.95. The van der Waals surface area contributed by atoms with Crippen molar-refractivity contribution in [1.82, 2.24) is 0 Å². The van der Waals surface area contributed by atoms with Gasteiger partial charge in [-0.3, -0.25) is 0 Å². The number of carbonyl (C=O) groups is 1. The fourth-order valence-electron chi connectivity index (χ4n) is 3.14. The summed E-state index contributed by atoms with van der Waals surface area (Å²) in [5, 5.41) is 9.99. The summed E-state index contributed by atoms with van der Waals surface area (Å²) in [5.41, 5.74) is 0.282. The van der Waals surface area contributed by atoms with Gasteiger partial charge in [-0.1, -0.05) is 26.0 Å². The summed E-state index contributed by atoms with van der Waals surface area (Å²) >= 11 is 0. The van der Waals surface area contributed by atoms with Crippen LogP contribution in [-0.4, -0.2) is 17.5 Å². The van der Waals surface area contributed by atoms with E-state index in [4.69, 9.17) is 0 Å². The van der Waals surface area contributed by atoms with Crippen LogP contribution in [0.2, 0.25) is 0 Å². The first-order valence-electron chi connectivity index (χ1n) is 4.81. The monoisotopic (exact) mass is 180 g/mol. The molecular formula is C11H16O2. The maximum Gasteiger partial charge on any atom is 0.129 e. The van der Waals surface area contributed by atoms with Crippen molar-refractivity contribution in [3.8, 4) is 0 Å². The third-order valence-corrected chi connectivity index (χ3v) is 4.40. The highest BCUT2D eigenvalue weighted by Gasteiger charge is 2.65. The zero-order valence-electron chi connectivity index (χ0n) is 8.21. The zero-order valence-corrected chi connectivity index (χ0v) is 8.21. The normalized spacial score (nSPS) is 46.8. The van der Waals surface area contributed by atoms with Crippen LogP contribution < -0.4 is 0 Å². The second-order valence-electron chi connectivity index (χ2n) is 4.90. The maximum atomic E-state index is 11.2. The molecule has 0 spiro atoms. The SMILES string of the molecule is C=C1[C@H]2CC[C@](C=O)([C@@H]2O)C1(C)C. The van der Waals surface area contributed by atoms with Gasteiger partial charge in [0.2, 0.25) is 0 Å². The zero-order chi connectivity index (χ0) is 9.85. The van der Waals surface area contributed by atoms with Gasteiger partial charge in [0.05, 0.1) is 11.5 Å². The summed E-state index contributed by atoms with van der Waals surface area (Å²) in [6.45, 7) is 8.05. The maximum absolute atomic E-state index is 11.2. The van der Waals surface area contributed by atoms with Gasteiger partial charge in [0.25, 0.3) is 0 Å². The highest BCUT2D eigenvalue weighted by atomic mass is 16.3. The third kappa shape index (κ3) is 0.715. The first-order chi connectivity index (χ1) is 5.97. The highest BCUT2D eigenvalue weighted by molar-refractivity contribution is 5.67. The number of hydrogen-bond donors (Lipinski definition) is 1. The van der Waals surface area contributed by atoms with Crippen LogP contribution in [0.3, 0.4) is 0 Å². The molecule has 0 aromatic carbocycles. The molecule has 0 saturated heterocycles. The van der Waals surface area contributed by atoms with Crippen LogP contribution in [0.1, 0.15) is 26.7 Å². The molecule has 2 aliphatic carbocycles.